The van der Waals surface area contributed by atoms with Gasteiger partial charge in [-0.25, -0.2) is 8.42 Å². The maximum Gasteiger partial charge on any atom is 0.243 e. The number of carbonyl (C=O) groups excluding carboxylic acids is 2. The predicted molar refractivity (Wildman–Crippen MR) is 110 cm³/mol. The summed E-state index contributed by atoms with van der Waals surface area (Å²) in [5, 5.41) is 6.97. The standard InChI is InChI=1S/C21H26N4O4S/c1-15(26)16-4-6-18(7-5-16)30(28,29)24-13-9-17(10-14-24)21(27)25-12-2-3-20(25)19-8-11-22-23-19/h4-8,11,17,20H,2-3,9-10,12-14H2,1H3,(H,22,23)/t20-/m1/s1. The van der Waals surface area contributed by atoms with Crippen molar-refractivity contribution in [2.75, 3.05) is 19.6 Å². The van der Waals surface area contributed by atoms with E-state index in [0.29, 0.717) is 31.5 Å². The third-order valence-electron chi connectivity index (χ3n) is 6.12. The molecule has 9 heteroatoms. The minimum atomic E-state index is -3.64. The van der Waals surface area contributed by atoms with E-state index in [1.807, 2.05) is 11.0 Å². The van der Waals surface area contributed by atoms with Crippen LogP contribution in [0.3, 0.4) is 0 Å². The fourth-order valence-electron chi connectivity index (χ4n) is 4.39. The van der Waals surface area contributed by atoms with Crippen molar-refractivity contribution in [2.24, 2.45) is 5.92 Å². The topological polar surface area (TPSA) is 103 Å². The Balaban J connectivity index is 1.40. The highest BCUT2D eigenvalue weighted by atomic mass is 32.2. The summed E-state index contributed by atoms with van der Waals surface area (Å²) in [5.74, 6) is -0.163. The van der Waals surface area contributed by atoms with Gasteiger partial charge >= 0.3 is 0 Å². The molecular formula is C21H26N4O4S. The number of nitrogens with one attached hydrogen (secondary N) is 1. The van der Waals surface area contributed by atoms with Gasteiger partial charge in [0.15, 0.2) is 5.78 Å². The summed E-state index contributed by atoms with van der Waals surface area (Å²) < 4.78 is 27.3. The molecule has 1 aromatic heterocycles. The lowest BCUT2D eigenvalue weighted by Gasteiger charge is -2.34. The first-order valence-corrected chi connectivity index (χ1v) is 11.7. The number of sulfonamides is 1. The number of piperidine rings is 1. The summed E-state index contributed by atoms with van der Waals surface area (Å²) >= 11 is 0. The molecule has 8 nitrogen and oxygen atoms in total. The highest BCUT2D eigenvalue weighted by Crippen LogP contribution is 2.34. The molecule has 4 rings (SSSR count). The minimum absolute atomic E-state index is 0.0292. The lowest BCUT2D eigenvalue weighted by atomic mass is 9.96. The van der Waals surface area contributed by atoms with Crippen molar-refractivity contribution in [1.29, 1.82) is 0 Å². The predicted octanol–water partition coefficient (Wildman–Crippen LogP) is 2.38. The molecule has 30 heavy (non-hydrogen) atoms. The molecule has 0 bridgehead atoms. The number of rotatable bonds is 5. The van der Waals surface area contributed by atoms with Gasteiger partial charge in [0.05, 0.1) is 16.6 Å². The summed E-state index contributed by atoms with van der Waals surface area (Å²) in [7, 11) is -3.64. The van der Waals surface area contributed by atoms with E-state index in [2.05, 4.69) is 10.2 Å². The summed E-state index contributed by atoms with van der Waals surface area (Å²) in [6.45, 7) is 2.80. The van der Waals surface area contributed by atoms with Gasteiger partial charge in [-0.15, -0.1) is 0 Å². The Kier molecular flexibility index (Phi) is 5.75. The second-order valence-corrected chi connectivity index (χ2v) is 9.90. The van der Waals surface area contributed by atoms with Crippen LogP contribution < -0.4 is 0 Å². The van der Waals surface area contributed by atoms with E-state index >= 15 is 0 Å². The highest BCUT2D eigenvalue weighted by Gasteiger charge is 2.38. The van der Waals surface area contributed by atoms with Crippen molar-refractivity contribution < 1.29 is 18.0 Å². The van der Waals surface area contributed by atoms with Crippen LogP contribution in [0.4, 0.5) is 0 Å². The van der Waals surface area contributed by atoms with Crippen LogP contribution in [0.5, 0.6) is 0 Å². The Morgan fingerprint density at radius 3 is 2.33 bits per heavy atom. The van der Waals surface area contributed by atoms with E-state index in [1.165, 1.54) is 35.5 Å². The van der Waals surface area contributed by atoms with E-state index in [9.17, 15) is 18.0 Å². The molecule has 3 heterocycles. The summed E-state index contributed by atoms with van der Waals surface area (Å²) in [6.07, 6.45) is 4.59. The first-order valence-electron chi connectivity index (χ1n) is 10.3. The Hall–Kier alpha value is -2.52. The number of amides is 1. The van der Waals surface area contributed by atoms with Crippen molar-refractivity contribution >= 4 is 21.7 Å². The number of Topliss-reactive ketones (excluding diaryl/α,β-unsaturated/α-hetero) is 1. The first-order chi connectivity index (χ1) is 14.4. The van der Waals surface area contributed by atoms with Gasteiger partial charge in [-0.1, -0.05) is 12.1 Å². The van der Waals surface area contributed by atoms with Crippen LogP contribution in [-0.2, 0) is 14.8 Å². The van der Waals surface area contributed by atoms with Crippen LogP contribution in [0.15, 0.2) is 41.4 Å². The van der Waals surface area contributed by atoms with Gasteiger partial charge in [0, 0.05) is 37.3 Å². The van der Waals surface area contributed by atoms with Crippen LogP contribution in [0, 0.1) is 5.92 Å². The molecule has 2 fully saturated rings. The largest absolute Gasteiger partial charge is 0.334 e. The van der Waals surface area contributed by atoms with Gasteiger partial charge in [-0.3, -0.25) is 14.7 Å². The Bertz CT molecular complexity index is 1010. The van der Waals surface area contributed by atoms with E-state index < -0.39 is 10.0 Å². The molecule has 0 aliphatic carbocycles. The third-order valence-corrected chi connectivity index (χ3v) is 8.03. The first kappa shape index (κ1) is 20.7. The van der Waals surface area contributed by atoms with Gasteiger partial charge in [-0.05, 0) is 50.8 Å². The second-order valence-electron chi connectivity index (χ2n) is 7.96. The molecule has 1 N–H and O–H groups in total. The maximum absolute atomic E-state index is 13.1. The minimum Gasteiger partial charge on any atom is -0.334 e. The third kappa shape index (κ3) is 3.91. The number of likely N-dealkylation sites (tertiary alicyclic amines) is 1. The number of benzene rings is 1. The molecule has 2 aromatic rings. The number of hydrogen-bond acceptors (Lipinski definition) is 5. The van der Waals surface area contributed by atoms with Gasteiger partial charge in [-0.2, -0.15) is 9.40 Å². The molecule has 0 radical (unpaired) electrons. The number of nitrogens with zero attached hydrogens (tertiary/aromatic N) is 3. The van der Waals surface area contributed by atoms with Crippen LogP contribution in [0.2, 0.25) is 0 Å². The zero-order valence-electron chi connectivity index (χ0n) is 17.0. The van der Waals surface area contributed by atoms with E-state index in [0.717, 1.165) is 25.1 Å². The zero-order valence-corrected chi connectivity index (χ0v) is 17.8. The Morgan fingerprint density at radius 2 is 1.73 bits per heavy atom. The van der Waals surface area contributed by atoms with E-state index in [1.54, 1.807) is 6.20 Å². The molecule has 2 saturated heterocycles. The SMILES string of the molecule is CC(=O)c1ccc(S(=O)(=O)N2CCC(C(=O)N3CCC[C@@H]3c3ccn[nH]3)CC2)cc1. The lowest BCUT2D eigenvalue weighted by Crippen LogP contribution is -2.44. The van der Waals surface area contributed by atoms with Crippen molar-refractivity contribution in [3.63, 3.8) is 0 Å². The second kappa shape index (κ2) is 8.31. The van der Waals surface area contributed by atoms with Gasteiger partial charge in [0.25, 0.3) is 0 Å². The molecule has 1 amide bonds. The van der Waals surface area contributed by atoms with Crippen molar-refractivity contribution in [3.05, 3.63) is 47.8 Å². The van der Waals surface area contributed by atoms with Crippen molar-refractivity contribution in [1.82, 2.24) is 19.4 Å². The molecule has 0 saturated carbocycles. The highest BCUT2D eigenvalue weighted by molar-refractivity contribution is 7.89. The van der Waals surface area contributed by atoms with E-state index in [4.69, 9.17) is 0 Å². The van der Waals surface area contributed by atoms with E-state index in [-0.39, 0.29) is 28.5 Å². The normalized spacial score (nSPS) is 21.1. The molecule has 0 spiro atoms. The Morgan fingerprint density at radius 1 is 1.03 bits per heavy atom. The molecular weight excluding hydrogens is 404 g/mol. The number of H-pyrrole nitrogens is 1. The quantitative estimate of drug-likeness (QED) is 0.734. The van der Waals surface area contributed by atoms with Crippen LogP contribution in [-0.4, -0.2) is 59.1 Å². The number of carbonyl (C=O) groups is 2. The molecule has 0 unspecified atom stereocenters. The molecule has 2 aliphatic rings. The monoisotopic (exact) mass is 430 g/mol. The maximum atomic E-state index is 13.1. The number of ketones is 1. The summed E-state index contributed by atoms with van der Waals surface area (Å²) in [6, 6.07) is 7.96. The van der Waals surface area contributed by atoms with Gasteiger partial charge in [0.2, 0.25) is 15.9 Å². The number of aromatic amines is 1. The summed E-state index contributed by atoms with van der Waals surface area (Å²) in [4.78, 5) is 26.6. The molecule has 1 atom stereocenters. The summed E-state index contributed by atoms with van der Waals surface area (Å²) in [5.41, 5.74) is 1.44. The number of hydrogen-bond donors (Lipinski definition) is 1. The van der Waals surface area contributed by atoms with Crippen LogP contribution in [0.1, 0.15) is 54.7 Å². The van der Waals surface area contributed by atoms with Crippen molar-refractivity contribution in [3.8, 4) is 0 Å². The smallest absolute Gasteiger partial charge is 0.243 e. The fraction of sp³-hybridized carbons (Fsp3) is 0.476. The molecule has 160 valence electrons. The number of aromatic nitrogens is 2. The van der Waals surface area contributed by atoms with Crippen molar-refractivity contribution in [2.45, 2.75) is 43.5 Å². The fourth-order valence-corrected chi connectivity index (χ4v) is 5.86. The van der Waals surface area contributed by atoms with Crippen LogP contribution >= 0.6 is 0 Å². The zero-order chi connectivity index (χ0) is 21.3. The van der Waals surface area contributed by atoms with Crippen LogP contribution in [0.25, 0.3) is 0 Å². The van der Waals surface area contributed by atoms with Gasteiger partial charge < -0.3 is 4.90 Å². The van der Waals surface area contributed by atoms with Gasteiger partial charge in [0.1, 0.15) is 0 Å². The molecule has 2 aliphatic heterocycles. The lowest BCUT2D eigenvalue weighted by molar-refractivity contribution is -0.137. The Labute approximate surface area is 176 Å². The average molecular weight is 431 g/mol. The average Bonchev–Trinajstić information content (AvgIpc) is 3.45. The molecule has 1 aromatic carbocycles.